The van der Waals surface area contributed by atoms with Gasteiger partial charge in [0.1, 0.15) is 16.9 Å². The van der Waals surface area contributed by atoms with Crippen molar-refractivity contribution in [3.8, 4) is 22.4 Å². The molecule has 4 N–H and O–H groups in total. The van der Waals surface area contributed by atoms with Gasteiger partial charge in [0.05, 0.1) is 5.56 Å². The highest BCUT2D eigenvalue weighted by atomic mass is 35.5. The van der Waals surface area contributed by atoms with E-state index in [1.807, 2.05) is 193 Å². The second kappa shape index (κ2) is 50.3. The van der Waals surface area contributed by atoms with Crippen molar-refractivity contribution in [3.63, 3.8) is 0 Å². The first-order valence-corrected chi connectivity index (χ1v) is 26.4. The Kier molecular flexibility index (Phi) is 50.3. The molecule has 4 heterocycles. The minimum absolute atomic E-state index is 0.0894. The molecule has 0 spiro atoms. The third-order valence-corrected chi connectivity index (χ3v) is 9.27. The molecular weight excluding hydrogens is 946 g/mol. The van der Waals surface area contributed by atoms with E-state index in [4.69, 9.17) is 17.4 Å². The minimum Gasteiger partial charge on any atom is -0.373 e. The van der Waals surface area contributed by atoms with Gasteiger partial charge in [-0.25, -0.2) is 5.84 Å². The van der Waals surface area contributed by atoms with E-state index >= 15 is 0 Å². The Bertz CT molecular complexity index is 2310. The van der Waals surface area contributed by atoms with E-state index in [0.717, 1.165) is 44.9 Å². The van der Waals surface area contributed by atoms with Crippen LogP contribution in [0.5, 0.6) is 0 Å². The lowest BCUT2D eigenvalue weighted by molar-refractivity contribution is 0.0981. The minimum atomic E-state index is -0.648. The van der Waals surface area contributed by atoms with E-state index < -0.39 is 5.38 Å². The summed E-state index contributed by atoms with van der Waals surface area (Å²) in [5, 5.41) is 11.8. The van der Waals surface area contributed by atoms with Crippen molar-refractivity contribution in [2.45, 2.75) is 115 Å². The molecule has 0 amide bonds. The fourth-order valence-corrected chi connectivity index (χ4v) is 5.69. The van der Waals surface area contributed by atoms with E-state index in [2.05, 4.69) is 68.9 Å². The number of halogens is 1. The van der Waals surface area contributed by atoms with Gasteiger partial charge in [-0.3, -0.25) is 34.2 Å². The molecule has 0 aliphatic rings. The number of alkyl halides is 1. The molecule has 1 atom stereocenters. The van der Waals surface area contributed by atoms with Crippen molar-refractivity contribution in [2.24, 2.45) is 12.9 Å². The van der Waals surface area contributed by atoms with Crippen LogP contribution in [0, 0.1) is 0 Å². The summed E-state index contributed by atoms with van der Waals surface area (Å²) in [4.78, 5) is 35.7. The Hall–Kier alpha value is -6.60. The van der Waals surface area contributed by atoms with Crippen molar-refractivity contribution in [1.82, 2.24) is 35.1 Å². The number of nitrogens with one attached hydrogen (secondary N) is 2. The smallest absolute Gasteiger partial charge is 0.185 e. The molecule has 0 aliphatic heterocycles. The van der Waals surface area contributed by atoms with Crippen LogP contribution in [-0.4, -0.2) is 67.6 Å². The van der Waals surface area contributed by atoms with E-state index in [1.165, 1.54) is 11.4 Å². The van der Waals surface area contributed by atoms with Crippen molar-refractivity contribution in [1.29, 1.82) is 0 Å². The Morgan fingerprint density at radius 3 is 1.38 bits per heavy atom. The number of Topliss-reactive ketones (excluding diaryl/α,β-unsaturated/α-hetero) is 2. The first-order chi connectivity index (χ1) is 35.6. The number of benzene rings is 3. The molecule has 11 nitrogen and oxygen atoms in total. The fraction of sp³-hybridized carbons (Fsp3) is 0.350. The van der Waals surface area contributed by atoms with Gasteiger partial charge in [-0.1, -0.05) is 194 Å². The van der Waals surface area contributed by atoms with Gasteiger partial charge < -0.3 is 10.6 Å². The van der Waals surface area contributed by atoms with Gasteiger partial charge in [-0.15, -0.1) is 11.6 Å². The maximum atomic E-state index is 12.0. The van der Waals surface area contributed by atoms with Gasteiger partial charge in [-0.05, 0) is 65.3 Å². The van der Waals surface area contributed by atoms with E-state index in [9.17, 15) is 9.59 Å². The number of aromatic nitrogens is 5. The lowest BCUT2D eigenvalue weighted by Crippen LogP contribution is -2.39. The van der Waals surface area contributed by atoms with Crippen LogP contribution < -0.4 is 16.5 Å². The van der Waals surface area contributed by atoms with Crippen LogP contribution in [0.25, 0.3) is 22.4 Å². The number of carbonyl (C=O) groups is 2. The van der Waals surface area contributed by atoms with Crippen LogP contribution in [0.3, 0.4) is 0 Å². The van der Waals surface area contributed by atoms with Crippen molar-refractivity contribution in [3.05, 3.63) is 187 Å². The largest absolute Gasteiger partial charge is 0.373 e. The number of hydrogen-bond acceptors (Lipinski definition) is 9. The highest BCUT2D eigenvalue weighted by molar-refractivity contribution is 7.80. The summed E-state index contributed by atoms with van der Waals surface area (Å²) >= 11 is 10.8. The molecule has 0 saturated carbocycles. The SMILES string of the molecule is CC.CC.CC.CC.CC.CC.CCC.CNC(=S)N(C)N.CNc1c(-c2ccncc2)c(-c2ccccc2)nn1C.O=C(Cc1ccncc1)c1ccccc1.O=C(c1ccccc1)C(Cl)c1ccncc1. The Balaban J connectivity index is -0.000000412. The molecule has 0 radical (unpaired) electrons. The molecule has 4 aromatic heterocycles. The first-order valence-electron chi connectivity index (χ1n) is 25.6. The average molecular weight is 1040 g/mol. The van der Waals surface area contributed by atoms with Crippen LogP contribution in [0.4, 0.5) is 5.82 Å². The topological polar surface area (TPSA) is 144 Å². The average Bonchev–Trinajstić information content (AvgIpc) is 3.83. The number of rotatable bonds is 9. The fourth-order valence-electron chi connectivity index (χ4n) is 5.42. The molecule has 0 bridgehead atoms. The molecule has 7 rings (SSSR count). The second-order valence-corrected chi connectivity index (χ2v) is 13.9. The maximum absolute atomic E-state index is 12.0. The number of thiocarbonyl (C=S) groups is 1. The lowest BCUT2D eigenvalue weighted by Gasteiger charge is -2.10. The van der Waals surface area contributed by atoms with Crippen LogP contribution >= 0.6 is 23.8 Å². The van der Waals surface area contributed by atoms with Crippen molar-refractivity contribution < 1.29 is 9.59 Å². The maximum Gasteiger partial charge on any atom is 0.185 e. The Labute approximate surface area is 452 Å². The summed E-state index contributed by atoms with van der Waals surface area (Å²) in [5.74, 6) is 6.22. The van der Waals surface area contributed by atoms with E-state index in [1.54, 1.807) is 75.5 Å². The zero-order chi connectivity index (χ0) is 56.4. The highest BCUT2D eigenvalue weighted by Gasteiger charge is 2.19. The number of nitrogens with zero attached hydrogens (tertiary/aromatic N) is 6. The summed E-state index contributed by atoms with van der Waals surface area (Å²) in [6.45, 7) is 28.2. The third kappa shape index (κ3) is 30.1. The standard InChI is InChI=1S/C16H16N4.C13H10ClNO.C13H11NO.C3H9N3S.C3H8.6C2H6/c1-17-16-14(12-8-10-18-11-9-12)15(19-20(16)2)13-6-4-3-5-7-13;14-12(10-6-8-15-9-7-10)13(16)11-4-2-1-3-5-11;15-13(12-4-2-1-3-5-12)10-11-6-8-14-9-7-11;1-5-3(7)6(2)4;1-3-2;6*1-2/h3-11,17H,1-2H3;1-9,12H;1-9H,10H2;4H2,1-2H3,(H,5,7);3H2,1-2H3;6*1-2H3. The molecule has 73 heavy (non-hydrogen) atoms. The Morgan fingerprint density at radius 1 is 0.616 bits per heavy atom. The second-order valence-electron chi connectivity index (χ2n) is 13.1. The summed E-state index contributed by atoms with van der Waals surface area (Å²) < 4.78 is 1.87. The first kappa shape index (κ1) is 72.9. The number of hydrazine groups is 1. The molecule has 0 aliphatic carbocycles. The number of hydrogen-bond donors (Lipinski definition) is 3. The molecule has 1 unspecified atom stereocenters. The summed E-state index contributed by atoms with van der Waals surface area (Å²) in [6.07, 6.45) is 12.0. The summed E-state index contributed by atoms with van der Waals surface area (Å²) in [6, 6.07) is 39.8. The molecule has 3 aromatic carbocycles. The van der Waals surface area contributed by atoms with E-state index in [0.29, 0.717) is 17.1 Å². The van der Waals surface area contributed by atoms with Gasteiger partial charge in [0, 0.05) is 88.5 Å². The van der Waals surface area contributed by atoms with Crippen molar-refractivity contribution >= 4 is 46.3 Å². The summed E-state index contributed by atoms with van der Waals surface area (Å²) in [7, 11) is 7.27. The quantitative estimate of drug-likeness (QED) is 0.0418. The zero-order valence-corrected chi connectivity index (χ0v) is 49.0. The van der Waals surface area contributed by atoms with Gasteiger partial charge in [-0.2, -0.15) is 5.10 Å². The lowest BCUT2D eigenvalue weighted by atomic mass is 10.0. The van der Waals surface area contributed by atoms with Gasteiger partial charge in [0.25, 0.3) is 0 Å². The highest BCUT2D eigenvalue weighted by Crippen LogP contribution is 2.36. The van der Waals surface area contributed by atoms with Crippen LogP contribution in [-0.2, 0) is 13.5 Å². The zero-order valence-electron chi connectivity index (χ0n) is 47.4. The molecule has 13 heteroatoms. The summed E-state index contributed by atoms with van der Waals surface area (Å²) in [5.41, 5.74) is 7.44. The number of nitrogens with two attached hydrogens (primary N) is 1. The van der Waals surface area contributed by atoms with Crippen LogP contribution in [0.15, 0.2) is 165 Å². The molecule has 7 aromatic rings. The van der Waals surface area contributed by atoms with Crippen LogP contribution in [0.2, 0.25) is 0 Å². The van der Waals surface area contributed by atoms with Gasteiger partial charge in [0.2, 0.25) is 0 Å². The number of ketones is 2. The van der Waals surface area contributed by atoms with Crippen molar-refractivity contribution in [2.75, 3.05) is 26.5 Å². The number of pyridine rings is 3. The molecular formula is C60H90ClN9O2S. The third-order valence-electron chi connectivity index (χ3n) is 8.33. The van der Waals surface area contributed by atoms with E-state index in [-0.39, 0.29) is 11.6 Å². The number of anilines is 1. The molecule has 400 valence electrons. The molecule has 0 fully saturated rings. The monoisotopic (exact) mass is 1040 g/mol. The van der Waals surface area contributed by atoms with Gasteiger partial charge in [0.15, 0.2) is 16.7 Å². The number of aryl methyl sites for hydroxylation is 1. The Morgan fingerprint density at radius 2 is 1.00 bits per heavy atom. The van der Waals surface area contributed by atoms with Gasteiger partial charge >= 0.3 is 0 Å². The number of carbonyl (C=O) groups excluding carboxylic acids is 2. The normalized spacial score (nSPS) is 9.04. The predicted octanol–water partition coefficient (Wildman–Crippen LogP) is 15.8. The van der Waals surface area contributed by atoms with Crippen LogP contribution in [0.1, 0.15) is 141 Å². The molecule has 0 saturated heterocycles. The predicted molar refractivity (Wildman–Crippen MR) is 321 cm³/mol.